The second-order valence-corrected chi connectivity index (χ2v) is 12.0. The third-order valence-electron chi connectivity index (χ3n) is 6.53. The average Bonchev–Trinajstić information content (AvgIpc) is 3.08. The van der Waals surface area contributed by atoms with Gasteiger partial charge in [-0.2, -0.15) is 0 Å². The molecule has 294 valence electrons. The molecule has 0 aromatic carbocycles. The summed E-state index contributed by atoms with van der Waals surface area (Å²) in [6.45, 7) is 14.9. The Morgan fingerprint density at radius 2 is 0.885 bits per heavy atom. The highest BCUT2D eigenvalue weighted by Crippen LogP contribution is 2.26. The molecular weight excluding hydrogens is 696 g/mol. The average molecular weight is 747 g/mol. The van der Waals surface area contributed by atoms with Crippen molar-refractivity contribution < 1.29 is 87.0 Å². The number of rotatable bonds is 25. The van der Waals surface area contributed by atoms with Gasteiger partial charge in [-0.05, 0) is 27.7 Å². The zero-order chi connectivity index (χ0) is 39.5. The van der Waals surface area contributed by atoms with E-state index in [1.165, 1.54) is 27.7 Å². The minimum atomic E-state index is -1.66. The van der Waals surface area contributed by atoms with Crippen molar-refractivity contribution in [3.8, 4) is 0 Å². The molecule has 0 amide bonds. The summed E-state index contributed by atoms with van der Waals surface area (Å²) >= 11 is 0. The van der Waals surface area contributed by atoms with Crippen LogP contribution in [0.1, 0.15) is 27.7 Å². The monoisotopic (exact) mass is 746 g/mol. The molecule has 1 fully saturated rings. The maximum Gasteiger partial charge on any atom is 0.338 e. The molecule has 1 aliphatic rings. The summed E-state index contributed by atoms with van der Waals surface area (Å²) in [6.07, 6.45) is -11.4. The molecule has 18 nitrogen and oxygen atoms in total. The standard InChI is InChI=1S/C34H50O18/c1-18(2)30(39)48-13-22(35)9-44-17-26-27(45-10-23(36)14-49-31(40)19(3)4)28(46-11-24(37)15-50-32(41)20(5)6)29(34(43)52-26)47-12-25(38)16-51-33(42)21(7)8/h22-29,35-38H,1,3,5,7,9-17H2,2,4,6,8H3/t22?,23?,24?,25?,26-,27-,28+,29-/m1/s1. The summed E-state index contributed by atoms with van der Waals surface area (Å²) in [6, 6.07) is 0. The molecule has 0 radical (unpaired) electrons. The molecule has 4 unspecified atom stereocenters. The van der Waals surface area contributed by atoms with Crippen molar-refractivity contribution in [3.05, 3.63) is 48.6 Å². The van der Waals surface area contributed by atoms with E-state index in [1.54, 1.807) is 0 Å². The van der Waals surface area contributed by atoms with Crippen LogP contribution >= 0.6 is 0 Å². The van der Waals surface area contributed by atoms with Crippen LogP contribution in [-0.2, 0) is 66.6 Å². The summed E-state index contributed by atoms with van der Waals surface area (Å²) in [7, 11) is 0. The Balaban J connectivity index is 3.25. The summed E-state index contributed by atoms with van der Waals surface area (Å²) in [5, 5.41) is 41.6. The van der Waals surface area contributed by atoms with Gasteiger partial charge in [-0.1, -0.05) is 26.3 Å². The van der Waals surface area contributed by atoms with Crippen LogP contribution in [0.5, 0.6) is 0 Å². The smallest absolute Gasteiger partial charge is 0.338 e. The van der Waals surface area contributed by atoms with Gasteiger partial charge < -0.3 is 63.1 Å². The first-order valence-corrected chi connectivity index (χ1v) is 16.0. The van der Waals surface area contributed by atoms with Crippen molar-refractivity contribution in [2.24, 2.45) is 0 Å². The Morgan fingerprint density at radius 3 is 1.25 bits per heavy atom. The number of carbonyl (C=O) groups excluding carboxylic acids is 5. The van der Waals surface area contributed by atoms with Crippen molar-refractivity contribution in [2.75, 3.05) is 59.5 Å². The molecule has 4 N–H and O–H groups in total. The van der Waals surface area contributed by atoms with Crippen molar-refractivity contribution in [3.63, 3.8) is 0 Å². The fourth-order valence-corrected chi connectivity index (χ4v) is 3.83. The lowest BCUT2D eigenvalue weighted by molar-refractivity contribution is -0.243. The number of aliphatic hydroxyl groups excluding tert-OH is 4. The first-order valence-electron chi connectivity index (χ1n) is 16.0. The van der Waals surface area contributed by atoms with Gasteiger partial charge in [-0.3, -0.25) is 0 Å². The Labute approximate surface area is 301 Å². The van der Waals surface area contributed by atoms with E-state index < -0.39 is 138 Å². The molecule has 1 heterocycles. The predicted molar refractivity (Wildman–Crippen MR) is 177 cm³/mol. The van der Waals surface area contributed by atoms with E-state index in [0.29, 0.717) is 0 Å². The fourth-order valence-electron chi connectivity index (χ4n) is 3.83. The van der Waals surface area contributed by atoms with Crippen LogP contribution < -0.4 is 0 Å². The predicted octanol–water partition coefficient (Wildman–Crippen LogP) is -0.995. The molecule has 0 saturated carbocycles. The maximum atomic E-state index is 13.3. The third-order valence-corrected chi connectivity index (χ3v) is 6.53. The summed E-state index contributed by atoms with van der Waals surface area (Å²) in [4.78, 5) is 60.3. The summed E-state index contributed by atoms with van der Waals surface area (Å²) in [5.41, 5.74) is 0.349. The zero-order valence-electron chi connectivity index (χ0n) is 29.8. The van der Waals surface area contributed by atoms with Gasteiger partial charge in [-0.25, -0.2) is 24.0 Å². The van der Waals surface area contributed by atoms with E-state index in [2.05, 4.69) is 26.3 Å². The summed E-state index contributed by atoms with van der Waals surface area (Å²) in [5.74, 6) is -4.10. The number of hydrogen-bond donors (Lipinski definition) is 4. The Hall–Kier alpha value is -4.01. The number of hydrogen-bond acceptors (Lipinski definition) is 18. The minimum Gasteiger partial charge on any atom is -0.460 e. The highest BCUT2D eigenvalue weighted by Gasteiger charge is 2.49. The molecule has 1 saturated heterocycles. The first kappa shape index (κ1) is 46.0. The molecule has 1 aliphatic heterocycles. The second-order valence-electron chi connectivity index (χ2n) is 12.0. The van der Waals surface area contributed by atoms with Gasteiger partial charge in [0.25, 0.3) is 0 Å². The van der Waals surface area contributed by atoms with E-state index in [4.69, 9.17) is 42.6 Å². The summed E-state index contributed by atoms with van der Waals surface area (Å²) < 4.78 is 48.1. The molecular formula is C34H50O18. The van der Waals surface area contributed by atoms with Crippen LogP contribution in [0.15, 0.2) is 48.6 Å². The number of carbonyl (C=O) groups is 5. The van der Waals surface area contributed by atoms with Gasteiger partial charge in [0, 0.05) is 22.3 Å². The van der Waals surface area contributed by atoms with Gasteiger partial charge >= 0.3 is 29.8 Å². The number of cyclic esters (lactones) is 1. The fraction of sp³-hybridized carbons (Fsp3) is 0.618. The van der Waals surface area contributed by atoms with E-state index in [-0.39, 0.29) is 22.3 Å². The van der Waals surface area contributed by atoms with Crippen LogP contribution in [0.3, 0.4) is 0 Å². The Morgan fingerprint density at radius 1 is 0.558 bits per heavy atom. The lowest BCUT2D eigenvalue weighted by Gasteiger charge is -2.41. The molecule has 0 aromatic heterocycles. The number of aliphatic hydroxyl groups is 4. The first-order chi connectivity index (χ1) is 24.3. The number of esters is 5. The van der Waals surface area contributed by atoms with Crippen LogP contribution in [0, 0.1) is 0 Å². The molecule has 8 atom stereocenters. The Bertz CT molecular complexity index is 1280. The second kappa shape index (κ2) is 23.5. The molecule has 0 aromatic rings. The van der Waals surface area contributed by atoms with Gasteiger partial charge in [0.1, 0.15) is 63.1 Å². The van der Waals surface area contributed by atoms with Crippen molar-refractivity contribution >= 4 is 29.8 Å². The van der Waals surface area contributed by atoms with E-state index in [9.17, 15) is 44.4 Å². The zero-order valence-corrected chi connectivity index (χ0v) is 29.8. The maximum absolute atomic E-state index is 13.3. The molecule has 18 heteroatoms. The van der Waals surface area contributed by atoms with Crippen molar-refractivity contribution in [2.45, 2.75) is 76.5 Å². The van der Waals surface area contributed by atoms with Crippen LogP contribution in [0.25, 0.3) is 0 Å². The molecule has 52 heavy (non-hydrogen) atoms. The topological polar surface area (TPSA) is 249 Å². The molecule has 0 spiro atoms. The SMILES string of the molecule is C=C(C)C(=O)OCC(O)COC[C@H]1OC(=O)[C@H](OCC(O)COC(=O)C(=C)C)[C@@H](OCC(O)COC(=O)C(=C)C)[C@@H]1OCC(O)COC(=O)C(=C)C. The van der Waals surface area contributed by atoms with Gasteiger partial charge in [0.15, 0.2) is 12.2 Å². The quantitative estimate of drug-likeness (QED) is 0.0497. The Kier molecular flexibility index (Phi) is 20.8. The third kappa shape index (κ3) is 17.5. The normalized spacial score (nSPS) is 20.7. The van der Waals surface area contributed by atoms with Crippen molar-refractivity contribution in [1.29, 1.82) is 0 Å². The van der Waals surface area contributed by atoms with E-state index in [0.717, 1.165) is 0 Å². The highest BCUT2D eigenvalue weighted by atomic mass is 16.7. The van der Waals surface area contributed by atoms with Crippen molar-refractivity contribution in [1.82, 2.24) is 0 Å². The van der Waals surface area contributed by atoms with Crippen LogP contribution in [0.2, 0.25) is 0 Å². The van der Waals surface area contributed by atoms with Gasteiger partial charge in [0.05, 0.1) is 33.0 Å². The lowest BCUT2D eigenvalue weighted by atomic mass is 9.98. The van der Waals surface area contributed by atoms with E-state index >= 15 is 0 Å². The van der Waals surface area contributed by atoms with Gasteiger partial charge in [0.2, 0.25) is 0 Å². The highest BCUT2D eigenvalue weighted by molar-refractivity contribution is 5.88. The number of ether oxygens (including phenoxy) is 9. The van der Waals surface area contributed by atoms with Crippen LogP contribution in [0.4, 0.5) is 0 Å². The molecule has 0 aliphatic carbocycles. The van der Waals surface area contributed by atoms with Crippen LogP contribution in [-0.4, -0.2) is 159 Å². The largest absolute Gasteiger partial charge is 0.460 e. The molecule has 0 bridgehead atoms. The molecule has 1 rings (SSSR count). The van der Waals surface area contributed by atoms with E-state index in [1.807, 2.05) is 0 Å². The lowest BCUT2D eigenvalue weighted by Crippen LogP contribution is -2.61. The minimum absolute atomic E-state index is 0.0759. The van der Waals surface area contributed by atoms with Gasteiger partial charge in [-0.15, -0.1) is 0 Å².